The van der Waals surface area contributed by atoms with Gasteiger partial charge in [0, 0.05) is 6.04 Å². The molecule has 7 nitrogen and oxygen atoms in total. The van der Waals surface area contributed by atoms with Gasteiger partial charge in [-0.25, -0.2) is 8.42 Å². The molecule has 0 unspecified atom stereocenters. The highest BCUT2D eigenvalue weighted by molar-refractivity contribution is 7.89. The maximum Gasteiger partial charge on any atom is 0.307 e. The number of carbonyl (C=O) groups is 1. The summed E-state index contributed by atoms with van der Waals surface area (Å²) in [5.41, 5.74) is 0. The van der Waals surface area contributed by atoms with Gasteiger partial charge in [-0.05, 0) is 32.4 Å². The van der Waals surface area contributed by atoms with Gasteiger partial charge in [0.1, 0.15) is 0 Å². The maximum absolute atomic E-state index is 13.2. The van der Waals surface area contributed by atoms with E-state index in [1.807, 2.05) is 0 Å². The summed E-state index contributed by atoms with van der Waals surface area (Å²) < 4.78 is 44.1. The van der Waals surface area contributed by atoms with Gasteiger partial charge in [-0.3, -0.25) is 4.79 Å². The molecule has 0 amide bonds. The molecule has 0 N–H and O–H groups in total. The van der Waals surface area contributed by atoms with Crippen LogP contribution in [0.5, 0.6) is 0 Å². The van der Waals surface area contributed by atoms with Crippen molar-refractivity contribution in [2.24, 2.45) is 0 Å². The van der Waals surface area contributed by atoms with Crippen LogP contribution in [-0.2, 0) is 29.0 Å². The lowest BCUT2D eigenvalue weighted by atomic mass is 10.1. The van der Waals surface area contributed by atoms with E-state index in [4.69, 9.17) is 14.2 Å². The smallest absolute Gasteiger partial charge is 0.307 e. The average Bonchev–Trinajstić information content (AvgIpc) is 2.91. The van der Waals surface area contributed by atoms with Gasteiger partial charge in [-0.2, -0.15) is 4.31 Å². The van der Waals surface area contributed by atoms with Gasteiger partial charge in [0.25, 0.3) is 0 Å². The third-order valence-corrected chi connectivity index (χ3v) is 6.60. The molecule has 0 radical (unpaired) electrons. The van der Waals surface area contributed by atoms with Crippen molar-refractivity contribution in [2.75, 3.05) is 13.7 Å². The monoisotopic (exact) mass is 369 g/mol. The zero-order chi connectivity index (χ0) is 18.2. The van der Waals surface area contributed by atoms with Crippen molar-refractivity contribution in [2.45, 2.75) is 55.6 Å². The third-order valence-electron chi connectivity index (χ3n) is 4.61. The number of hydrogen-bond donors (Lipinski definition) is 0. The molecule has 0 bridgehead atoms. The summed E-state index contributed by atoms with van der Waals surface area (Å²) in [4.78, 5) is 12.0. The average molecular weight is 369 g/mol. The number of carbonyl (C=O) groups excluding carboxylic acids is 1. The Balaban J connectivity index is 1.96. The van der Waals surface area contributed by atoms with Crippen LogP contribution in [0.1, 0.15) is 26.7 Å². The number of hydrogen-bond acceptors (Lipinski definition) is 6. The van der Waals surface area contributed by atoms with E-state index in [9.17, 15) is 13.2 Å². The number of nitrogens with zero attached hydrogens (tertiary/aromatic N) is 1. The zero-order valence-electron chi connectivity index (χ0n) is 14.5. The Hall–Kier alpha value is -1.48. The van der Waals surface area contributed by atoms with E-state index in [0.717, 1.165) is 0 Å². The van der Waals surface area contributed by atoms with Crippen molar-refractivity contribution in [3.63, 3.8) is 0 Å². The molecule has 1 aromatic carbocycles. The first-order valence-electron chi connectivity index (χ1n) is 8.22. The second-order valence-electron chi connectivity index (χ2n) is 6.75. The fraction of sp³-hybridized carbons (Fsp3) is 0.588. The lowest BCUT2D eigenvalue weighted by Gasteiger charge is -2.40. The number of rotatable bonds is 4. The summed E-state index contributed by atoms with van der Waals surface area (Å²) in [7, 11) is -2.49. The van der Waals surface area contributed by atoms with Crippen LogP contribution in [0.25, 0.3) is 0 Å². The molecule has 138 valence electrons. The Morgan fingerprint density at radius 3 is 2.64 bits per heavy atom. The molecule has 3 atom stereocenters. The predicted molar refractivity (Wildman–Crippen MR) is 89.2 cm³/mol. The molecule has 1 aromatic rings. The van der Waals surface area contributed by atoms with Crippen LogP contribution < -0.4 is 0 Å². The molecule has 25 heavy (non-hydrogen) atoms. The largest absolute Gasteiger partial charge is 0.469 e. The van der Waals surface area contributed by atoms with Crippen LogP contribution in [0.3, 0.4) is 0 Å². The summed E-state index contributed by atoms with van der Waals surface area (Å²) in [6.45, 7) is 3.82. The quantitative estimate of drug-likeness (QED) is 0.749. The van der Waals surface area contributed by atoms with Crippen LogP contribution in [-0.4, -0.2) is 56.4 Å². The van der Waals surface area contributed by atoms with Gasteiger partial charge in [-0.1, -0.05) is 18.2 Å². The molecule has 2 aliphatic heterocycles. The minimum Gasteiger partial charge on any atom is -0.469 e. The Labute approximate surface area is 147 Å². The molecular formula is C17H23NO6S. The van der Waals surface area contributed by atoms with E-state index in [2.05, 4.69) is 0 Å². The number of sulfonamides is 1. The number of ether oxygens (including phenoxy) is 3. The zero-order valence-corrected chi connectivity index (χ0v) is 15.4. The molecule has 2 saturated heterocycles. The second-order valence-corrected chi connectivity index (χ2v) is 8.60. The van der Waals surface area contributed by atoms with Crippen molar-refractivity contribution in [1.29, 1.82) is 0 Å². The standard InChI is InChI=1S/C17H23NO6S/c1-17(2)23-11-14-15(24-17)9-12(10-16(19)22-3)18(14)25(20,21)13-7-5-4-6-8-13/h4-8,12,14-15H,9-11H2,1-3H3/t12-,14+,15+/m1/s1. The molecule has 2 heterocycles. The number of esters is 1. The second kappa shape index (κ2) is 6.68. The van der Waals surface area contributed by atoms with E-state index in [1.165, 1.54) is 11.4 Å². The molecule has 8 heteroatoms. The summed E-state index contributed by atoms with van der Waals surface area (Å²) >= 11 is 0. The minimum absolute atomic E-state index is 0.0145. The lowest BCUT2D eigenvalue weighted by Crippen LogP contribution is -2.53. The van der Waals surface area contributed by atoms with Crippen molar-refractivity contribution >= 4 is 16.0 Å². The van der Waals surface area contributed by atoms with E-state index in [1.54, 1.807) is 44.2 Å². The minimum atomic E-state index is -3.78. The highest BCUT2D eigenvalue weighted by Crippen LogP contribution is 2.39. The molecule has 2 fully saturated rings. The van der Waals surface area contributed by atoms with Crippen molar-refractivity contribution in [3.8, 4) is 0 Å². The van der Waals surface area contributed by atoms with Crippen molar-refractivity contribution < 1.29 is 27.4 Å². The van der Waals surface area contributed by atoms with Gasteiger partial charge in [0.2, 0.25) is 10.0 Å². The normalized spacial score (nSPS) is 29.2. The molecular weight excluding hydrogens is 346 g/mol. The first kappa shape index (κ1) is 18.3. The molecule has 0 spiro atoms. The SMILES string of the molecule is COC(=O)C[C@H]1C[C@@H]2OC(C)(C)OC[C@@H]2N1S(=O)(=O)c1ccccc1. The Bertz CT molecular complexity index is 733. The van der Waals surface area contributed by atoms with Crippen LogP contribution >= 0.6 is 0 Å². The number of methoxy groups -OCH3 is 1. The topological polar surface area (TPSA) is 82.1 Å². The number of benzene rings is 1. The van der Waals surface area contributed by atoms with Crippen LogP contribution in [0, 0.1) is 0 Å². The van der Waals surface area contributed by atoms with Crippen LogP contribution in [0.2, 0.25) is 0 Å². The summed E-state index contributed by atoms with van der Waals surface area (Å²) in [5, 5.41) is 0. The van der Waals surface area contributed by atoms with E-state index in [0.29, 0.717) is 6.42 Å². The lowest BCUT2D eigenvalue weighted by molar-refractivity contribution is -0.279. The van der Waals surface area contributed by atoms with Crippen LogP contribution in [0.4, 0.5) is 0 Å². The Morgan fingerprint density at radius 2 is 2.00 bits per heavy atom. The first-order valence-corrected chi connectivity index (χ1v) is 9.66. The van der Waals surface area contributed by atoms with Gasteiger partial charge < -0.3 is 14.2 Å². The molecule has 0 aromatic heterocycles. The fourth-order valence-corrected chi connectivity index (χ4v) is 5.34. The molecule has 3 rings (SSSR count). The molecule has 0 saturated carbocycles. The van der Waals surface area contributed by atoms with Gasteiger partial charge >= 0.3 is 5.97 Å². The first-order chi connectivity index (χ1) is 11.7. The fourth-order valence-electron chi connectivity index (χ4n) is 3.49. The van der Waals surface area contributed by atoms with Crippen molar-refractivity contribution in [1.82, 2.24) is 4.31 Å². The summed E-state index contributed by atoms with van der Waals surface area (Å²) in [6, 6.07) is 7.21. The predicted octanol–water partition coefficient (Wildman–Crippen LogP) is 1.53. The van der Waals surface area contributed by atoms with Crippen molar-refractivity contribution in [3.05, 3.63) is 30.3 Å². The van der Waals surface area contributed by atoms with Gasteiger partial charge in [0.05, 0.1) is 37.2 Å². The van der Waals surface area contributed by atoms with Crippen LogP contribution in [0.15, 0.2) is 35.2 Å². The van der Waals surface area contributed by atoms with E-state index in [-0.39, 0.29) is 24.0 Å². The Kier molecular flexibility index (Phi) is 4.89. The third kappa shape index (κ3) is 3.57. The van der Waals surface area contributed by atoms with E-state index >= 15 is 0 Å². The highest BCUT2D eigenvalue weighted by atomic mass is 32.2. The maximum atomic E-state index is 13.2. The number of fused-ring (bicyclic) bond motifs is 1. The highest BCUT2D eigenvalue weighted by Gasteiger charge is 2.53. The molecule has 0 aliphatic carbocycles. The molecule has 2 aliphatic rings. The van der Waals surface area contributed by atoms with Gasteiger partial charge in [-0.15, -0.1) is 0 Å². The van der Waals surface area contributed by atoms with Gasteiger partial charge in [0.15, 0.2) is 5.79 Å². The Morgan fingerprint density at radius 1 is 1.32 bits per heavy atom. The summed E-state index contributed by atoms with van der Waals surface area (Å²) in [6.07, 6.45) is 0.0923. The summed E-state index contributed by atoms with van der Waals surface area (Å²) in [5.74, 6) is -1.22. The van der Waals surface area contributed by atoms with E-state index < -0.39 is 33.9 Å².